The Morgan fingerprint density at radius 1 is 0.406 bits per heavy atom. The monoisotopic (exact) mass is 446 g/mol. The van der Waals surface area contributed by atoms with Crippen molar-refractivity contribution in [3.05, 3.63) is 120 Å². The molecule has 2 atom stereocenters. The van der Waals surface area contributed by atoms with Crippen LogP contribution < -0.4 is 20.7 Å². The van der Waals surface area contributed by atoms with Crippen LogP contribution in [0.2, 0.25) is 12.1 Å². The molecule has 0 saturated heterocycles. The van der Waals surface area contributed by atoms with E-state index in [1.807, 2.05) is 0 Å². The molecule has 0 bridgehead atoms. The molecule has 0 fully saturated rings. The van der Waals surface area contributed by atoms with Crippen LogP contribution in [-0.2, 0) is 12.8 Å². The third-order valence-electron chi connectivity index (χ3n) is 8.21. The molecule has 0 radical (unpaired) electrons. The Bertz CT molecular complexity index is 1130. The highest BCUT2D eigenvalue weighted by Crippen LogP contribution is 2.37. The molecule has 0 spiro atoms. The zero-order chi connectivity index (χ0) is 21.4. The molecule has 0 unspecified atom stereocenters. The van der Waals surface area contributed by atoms with Gasteiger partial charge in [-0.15, -0.1) is 0 Å². The summed E-state index contributed by atoms with van der Waals surface area (Å²) in [6.45, 7) is 0. The highest BCUT2D eigenvalue weighted by Gasteiger charge is 2.61. The SMILES string of the molecule is c1ccc([Si@@]2([Si@@]3(c4ccccc4)CCCc4ccccc43)CCCc3ccccc32)cc1. The van der Waals surface area contributed by atoms with Gasteiger partial charge in [-0.2, -0.15) is 0 Å². The summed E-state index contributed by atoms with van der Waals surface area (Å²) in [5.41, 5.74) is 3.25. The summed E-state index contributed by atoms with van der Waals surface area (Å²) >= 11 is 0. The first kappa shape index (κ1) is 20.0. The summed E-state index contributed by atoms with van der Waals surface area (Å²) in [4.78, 5) is 0. The van der Waals surface area contributed by atoms with Crippen LogP contribution in [0.25, 0.3) is 0 Å². The molecule has 0 aromatic heterocycles. The molecular weight excluding hydrogens is 417 g/mol. The van der Waals surface area contributed by atoms with Gasteiger partial charge in [0.15, 0.2) is 0 Å². The summed E-state index contributed by atoms with van der Waals surface area (Å²) < 4.78 is 0. The van der Waals surface area contributed by atoms with E-state index in [-0.39, 0.29) is 0 Å². The lowest BCUT2D eigenvalue weighted by Crippen LogP contribution is -2.87. The quantitative estimate of drug-likeness (QED) is 0.407. The van der Waals surface area contributed by atoms with E-state index >= 15 is 0 Å². The Balaban J connectivity index is 1.79. The Hall–Kier alpha value is -2.69. The average Bonchev–Trinajstić information content (AvgIpc) is 2.89. The topological polar surface area (TPSA) is 0 Å². The van der Waals surface area contributed by atoms with Gasteiger partial charge in [0.1, 0.15) is 15.2 Å². The molecule has 2 aliphatic heterocycles. The van der Waals surface area contributed by atoms with Crippen LogP contribution >= 0.6 is 0 Å². The van der Waals surface area contributed by atoms with E-state index in [2.05, 4.69) is 109 Å². The second-order valence-corrected chi connectivity index (χ2v) is 21.5. The van der Waals surface area contributed by atoms with Crippen LogP contribution in [0.1, 0.15) is 24.0 Å². The smallest absolute Gasteiger partial charge is 0.0628 e. The van der Waals surface area contributed by atoms with E-state index in [0.717, 1.165) is 0 Å². The fourth-order valence-electron chi connectivity index (χ4n) is 7.09. The molecule has 0 saturated carbocycles. The summed E-state index contributed by atoms with van der Waals surface area (Å²) in [5, 5.41) is 6.81. The maximum absolute atomic E-state index is 2.53. The molecular formula is C30H30Si2. The van der Waals surface area contributed by atoms with E-state index in [1.54, 1.807) is 31.9 Å². The van der Waals surface area contributed by atoms with Gasteiger partial charge < -0.3 is 0 Å². The highest BCUT2D eigenvalue weighted by atomic mass is 29.3. The van der Waals surface area contributed by atoms with Crippen LogP contribution in [-0.4, -0.2) is 15.2 Å². The predicted octanol–water partition coefficient (Wildman–Crippen LogP) is 4.48. The number of hydrogen-bond acceptors (Lipinski definition) is 0. The number of fused-ring (bicyclic) bond motifs is 2. The minimum absolute atomic E-state index is 1.23. The van der Waals surface area contributed by atoms with E-state index in [9.17, 15) is 0 Å². The van der Waals surface area contributed by atoms with Gasteiger partial charge in [0.05, 0.1) is 0 Å². The molecule has 158 valence electrons. The summed E-state index contributed by atoms with van der Waals surface area (Å²) in [6.07, 6.45) is 5.11. The van der Waals surface area contributed by atoms with Crippen molar-refractivity contribution in [1.82, 2.24) is 0 Å². The van der Waals surface area contributed by atoms with Gasteiger partial charge in [0, 0.05) is 0 Å². The molecule has 6 rings (SSSR count). The Morgan fingerprint density at radius 3 is 1.22 bits per heavy atom. The molecule has 2 aliphatic rings. The molecule has 4 aromatic rings. The van der Waals surface area contributed by atoms with Gasteiger partial charge in [0.2, 0.25) is 0 Å². The summed E-state index contributed by atoms with van der Waals surface area (Å²) in [7, 11) is -4.16. The molecule has 0 N–H and O–H groups in total. The Kier molecular flexibility index (Phi) is 5.00. The van der Waals surface area contributed by atoms with Gasteiger partial charge >= 0.3 is 0 Å². The fraction of sp³-hybridized carbons (Fsp3) is 0.200. The van der Waals surface area contributed by atoms with E-state index < -0.39 is 15.2 Å². The van der Waals surface area contributed by atoms with Gasteiger partial charge in [-0.1, -0.05) is 155 Å². The Morgan fingerprint density at radius 2 is 0.781 bits per heavy atom. The van der Waals surface area contributed by atoms with Crippen molar-refractivity contribution < 1.29 is 0 Å². The maximum Gasteiger partial charge on any atom is 0.121 e. The van der Waals surface area contributed by atoms with Crippen LogP contribution in [0.3, 0.4) is 0 Å². The van der Waals surface area contributed by atoms with Crippen molar-refractivity contribution in [2.75, 3.05) is 0 Å². The number of aryl methyl sites for hydroxylation is 2. The minimum atomic E-state index is -2.08. The standard InChI is InChI=1S/C30H30Si2/c1-3-17-27(18-4-1)31(23-11-15-25-13-7-9-21-29(25)31)32(28-19-5-2-6-20-28)24-12-16-26-14-8-10-22-30(26)32/h1-10,13-14,17-22H,11-12,15-16,23-24H2/t31-,32+. The Labute approximate surface area is 193 Å². The third kappa shape index (κ3) is 2.79. The third-order valence-corrected chi connectivity index (χ3v) is 26.5. The van der Waals surface area contributed by atoms with Gasteiger partial charge in [-0.3, -0.25) is 0 Å². The maximum atomic E-state index is 2.53. The molecule has 0 aliphatic carbocycles. The molecule has 0 nitrogen and oxygen atoms in total. The van der Waals surface area contributed by atoms with Crippen LogP contribution in [0.5, 0.6) is 0 Å². The lowest BCUT2D eigenvalue weighted by Gasteiger charge is -2.54. The average molecular weight is 447 g/mol. The van der Waals surface area contributed by atoms with Crippen molar-refractivity contribution >= 4 is 35.9 Å². The van der Waals surface area contributed by atoms with Gasteiger partial charge in [0.25, 0.3) is 0 Å². The van der Waals surface area contributed by atoms with Gasteiger partial charge in [-0.25, -0.2) is 0 Å². The molecule has 0 amide bonds. The van der Waals surface area contributed by atoms with Crippen molar-refractivity contribution in [1.29, 1.82) is 0 Å². The van der Waals surface area contributed by atoms with Crippen LogP contribution in [0.15, 0.2) is 109 Å². The number of benzene rings is 4. The van der Waals surface area contributed by atoms with E-state index in [0.29, 0.717) is 0 Å². The lowest BCUT2D eigenvalue weighted by molar-refractivity contribution is 0.882. The summed E-state index contributed by atoms with van der Waals surface area (Å²) in [5.74, 6) is 0. The van der Waals surface area contributed by atoms with Crippen LogP contribution in [0, 0.1) is 0 Å². The van der Waals surface area contributed by atoms with Gasteiger partial charge in [-0.05, 0) is 24.0 Å². The van der Waals surface area contributed by atoms with E-state index in [4.69, 9.17) is 0 Å². The molecule has 32 heavy (non-hydrogen) atoms. The predicted molar refractivity (Wildman–Crippen MR) is 142 cm³/mol. The highest BCUT2D eigenvalue weighted by molar-refractivity contribution is 7.60. The second-order valence-electron chi connectivity index (χ2n) is 9.56. The lowest BCUT2D eigenvalue weighted by atomic mass is 10.1. The van der Waals surface area contributed by atoms with Crippen LogP contribution in [0.4, 0.5) is 0 Å². The summed E-state index contributed by atoms with van der Waals surface area (Å²) in [6, 6.07) is 45.4. The first-order chi connectivity index (χ1) is 15.9. The first-order valence-electron chi connectivity index (χ1n) is 12.1. The largest absolute Gasteiger partial charge is 0.121 e. The second kappa shape index (κ2) is 8.02. The number of rotatable bonds is 3. The van der Waals surface area contributed by atoms with Crippen molar-refractivity contribution in [2.45, 2.75) is 37.8 Å². The molecule has 2 heteroatoms. The van der Waals surface area contributed by atoms with Crippen molar-refractivity contribution in [3.63, 3.8) is 0 Å². The molecule has 4 aromatic carbocycles. The number of hydrogen-bond donors (Lipinski definition) is 0. The zero-order valence-electron chi connectivity index (χ0n) is 18.6. The fourth-order valence-corrected chi connectivity index (χ4v) is 28.6. The zero-order valence-corrected chi connectivity index (χ0v) is 20.6. The van der Waals surface area contributed by atoms with Crippen molar-refractivity contribution in [2.24, 2.45) is 0 Å². The van der Waals surface area contributed by atoms with E-state index in [1.165, 1.54) is 37.8 Å². The van der Waals surface area contributed by atoms with Crippen molar-refractivity contribution in [3.8, 4) is 0 Å². The molecule has 2 heterocycles. The normalized spacial score (nSPS) is 24.4. The minimum Gasteiger partial charge on any atom is -0.0628 e. The first-order valence-corrected chi connectivity index (χ1v) is 17.6.